The zero-order chi connectivity index (χ0) is 8.97. The SMILES string of the molecule is NC1C=Cc2ccccc21.O[Si]. The van der Waals surface area contributed by atoms with E-state index in [0.29, 0.717) is 0 Å². The molecular weight excluding hydrogens is 166 g/mol. The van der Waals surface area contributed by atoms with Gasteiger partial charge in [0.05, 0.1) is 0 Å². The highest BCUT2D eigenvalue weighted by Crippen LogP contribution is 2.24. The molecule has 1 unspecified atom stereocenters. The smallest absolute Gasteiger partial charge is 0.240 e. The van der Waals surface area contributed by atoms with Crippen LogP contribution in [0.4, 0.5) is 0 Å². The van der Waals surface area contributed by atoms with Crippen molar-refractivity contribution < 1.29 is 4.80 Å². The molecule has 0 aromatic heterocycles. The van der Waals surface area contributed by atoms with E-state index in [1.165, 1.54) is 11.1 Å². The van der Waals surface area contributed by atoms with Gasteiger partial charge in [-0.3, -0.25) is 0 Å². The van der Waals surface area contributed by atoms with Crippen molar-refractivity contribution >= 4 is 16.6 Å². The van der Waals surface area contributed by atoms with Crippen molar-refractivity contribution in [3.05, 3.63) is 41.5 Å². The second-order valence-electron chi connectivity index (χ2n) is 2.51. The van der Waals surface area contributed by atoms with Gasteiger partial charge in [0.15, 0.2) is 0 Å². The molecule has 2 nitrogen and oxygen atoms in total. The van der Waals surface area contributed by atoms with Gasteiger partial charge in [-0.2, -0.15) is 0 Å². The van der Waals surface area contributed by atoms with Crippen molar-refractivity contribution in [2.45, 2.75) is 6.04 Å². The van der Waals surface area contributed by atoms with Crippen LogP contribution in [0, 0.1) is 0 Å². The standard InChI is InChI=1S/C9H9N.HOSi/c10-9-6-5-7-3-1-2-4-8(7)9;1-2/h1-6,9H,10H2;1H. The van der Waals surface area contributed by atoms with Crippen LogP contribution < -0.4 is 5.73 Å². The lowest BCUT2D eigenvalue weighted by Crippen LogP contribution is -2.03. The normalized spacial score (nSPS) is 18.1. The third kappa shape index (κ3) is 1.64. The number of hydrogen-bond donors (Lipinski definition) is 2. The summed E-state index contributed by atoms with van der Waals surface area (Å²) in [6.07, 6.45) is 4.09. The van der Waals surface area contributed by atoms with Crippen LogP contribution in [0.1, 0.15) is 17.2 Å². The average molecular weight is 176 g/mol. The van der Waals surface area contributed by atoms with Gasteiger partial charge in [0.1, 0.15) is 0 Å². The fraction of sp³-hybridized carbons (Fsp3) is 0.111. The Hall–Kier alpha value is -0.903. The van der Waals surface area contributed by atoms with Gasteiger partial charge in [-0.1, -0.05) is 36.4 Å². The van der Waals surface area contributed by atoms with Crippen LogP contribution in [-0.4, -0.2) is 15.3 Å². The molecule has 0 saturated carbocycles. The van der Waals surface area contributed by atoms with Gasteiger partial charge in [-0.15, -0.1) is 0 Å². The van der Waals surface area contributed by atoms with Crippen LogP contribution in [0.2, 0.25) is 0 Å². The molecule has 2 rings (SSSR count). The van der Waals surface area contributed by atoms with E-state index in [-0.39, 0.29) is 6.04 Å². The van der Waals surface area contributed by atoms with E-state index < -0.39 is 0 Å². The molecule has 3 radical (unpaired) electrons. The van der Waals surface area contributed by atoms with Gasteiger partial charge in [-0.25, -0.2) is 0 Å². The predicted octanol–water partition coefficient (Wildman–Crippen LogP) is 0.775. The lowest BCUT2D eigenvalue weighted by Gasteiger charge is -2.01. The Bertz CT molecular complexity index is 286. The number of fused-ring (bicyclic) bond motifs is 1. The Balaban J connectivity index is 0.000000336. The van der Waals surface area contributed by atoms with Gasteiger partial charge in [0.25, 0.3) is 0 Å². The van der Waals surface area contributed by atoms with E-state index in [2.05, 4.69) is 18.2 Å². The first-order valence-electron chi connectivity index (χ1n) is 3.63. The van der Waals surface area contributed by atoms with Crippen molar-refractivity contribution in [2.75, 3.05) is 0 Å². The number of hydrogen-bond acceptors (Lipinski definition) is 2. The monoisotopic (exact) mass is 176 g/mol. The largest absolute Gasteiger partial charge is 0.433 e. The number of nitrogens with two attached hydrogens (primary N) is 1. The Kier molecular flexibility index (Phi) is 3.22. The minimum Gasteiger partial charge on any atom is -0.433 e. The molecule has 0 aliphatic heterocycles. The van der Waals surface area contributed by atoms with Crippen molar-refractivity contribution in [1.82, 2.24) is 0 Å². The van der Waals surface area contributed by atoms with Crippen molar-refractivity contribution in [1.29, 1.82) is 0 Å². The van der Waals surface area contributed by atoms with Crippen molar-refractivity contribution in [3.8, 4) is 0 Å². The molecule has 1 atom stereocenters. The van der Waals surface area contributed by atoms with Crippen LogP contribution in [-0.2, 0) is 0 Å². The lowest BCUT2D eigenvalue weighted by atomic mass is 10.1. The first-order chi connectivity index (χ1) is 5.88. The zero-order valence-electron chi connectivity index (χ0n) is 6.57. The summed E-state index contributed by atoms with van der Waals surface area (Å²) in [4.78, 5) is 6.81. The predicted molar refractivity (Wildman–Crippen MR) is 50.4 cm³/mol. The van der Waals surface area contributed by atoms with Crippen LogP contribution >= 0.6 is 0 Å². The van der Waals surface area contributed by atoms with Gasteiger partial charge in [-0.05, 0) is 11.1 Å². The summed E-state index contributed by atoms with van der Waals surface area (Å²) in [5.74, 6) is 0. The summed E-state index contributed by atoms with van der Waals surface area (Å²) in [5.41, 5.74) is 8.26. The third-order valence-electron chi connectivity index (χ3n) is 1.84. The fourth-order valence-corrected chi connectivity index (χ4v) is 1.28. The van der Waals surface area contributed by atoms with Crippen LogP contribution in [0.5, 0.6) is 0 Å². The molecule has 1 aliphatic carbocycles. The second kappa shape index (κ2) is 4.20. The molecule has 3 heteroatoms. The van der Waals surface area contributed by atoms with E-state index in [0.717, 1.165) is 0 Å². The molecule has 0 saturated heterocycles. The molecule has 3 N–H and O–H groups in total. The topological polar surface area (TPSA) is 46.2 Å². The van der Waals surface area contributed by atoms with Gasteiger partial charge >= 0.3 is 0 Å². The van der Waals surface area contributed by atoms with E-state index in [9.17, 15) is 0 Å². The van der Waals surface area contributed by atoms with Crippen molar-refractivity contribution in [3.63, 3.8) is 0 Å². The first kappa shape index (κ1) is 9.19. The second-order valence-corrected chi connectivity index (χ2v) is 2.51. The van der Waals surface area contributed by atoms with Crippen LogP contribution in [0.3, 0.4) is 0 Å². The Labute approximate surface area is 75.3 Å². The quantitative estimate of drug-likeness (QED) is 0.574. The third-order valence-corrected chi connectivity index (χ3v) is 1.84. The zero-order valence-corrected chi connectivity index (χ0v) is 7.57. The molecule has 0 fully saturated rings. The van der Waals surface area contributed by atoms with Gasteiger partial charge < -0.3 is 10.5 Å². The summed E-state index contributed by atoms with van der Waals surface area (Å²) >= 11 is 0. The molecule has 0 spiro atoms. The summed E-state index contributed by atoms with van der Waals surface area (Å²) < 4.78 is 0. The van der Waals surface area contributed by atoms with Gasteiger partial charge in [0, 0.05) is 6.04 Å². The van der Waals surface area contributed by atoms with E-state index in [1.807, 2.05) is 28.7 Å². The van der Waals surface area contributed by atoms with E-state index in [1.54, 1.807) is 0 Å². The number of benzene rings is 1. The molecule has 1 aliphatic rings. The summed E-state index contributed by atoms with van der Waals surface area (Å²) in [7, 11) is 1.97. The molecular formula is C9H10NOSi. The fourth-order valence-electron chi connectivity index (χ4n) is 1.28. The molecule has 0 amide bonds. The molecule has 61 valence electrons. The van der Waals surface area contributed by atoms with Crippen molar-refractivity contribution in [2.24, 2.45) is 5.73 Å². The number of rotatable bonds is 0. The average Bonchev–Trinajstić information content (AvgIpc) is 2.53. The summed E-state index contributed by atoms with van der Waals surface area (Å²) in [6, 6.07) is 8.32. The summed E-state index contributed by atoms with van der Waals surface area (Å²) in [6.45, 7) is 0. The summed E-state index contributed by atoms with van der Waals surface area (Å²) in [5, 5.41) is 0. The minimum absolute atomic E-state index is 0.121. The highest BCUT2D eigenvalue weighted by Gasteiger charge is 2.10. The molecule has 0 heterocycles. The highest BCUT2D eigenvalue weighted by molar-refractivity contribution is 5.95. The lowest BCUT2D eigenvalue weighted by molar-refractivity contribution is 0.629. The molecule has 1 aromatic carbocycles. The maximum atomic E-state index is 6.81. The van der Waals surface area contributed by atoms with Gasteiger partial charge in [0.2, 0.25) is 10.5 Å². The minimum atomic E-state index is 0.121. The molecule has 0 bridgehead atoms. The van der Waals surface area contributed by atoms with Crippen LogP contribution in [0.15, 0.2) is 30.3 Å². The molecule has 1 aromatic rings. The Morgan fingerprint density at radius 2 is 1.92 bits per heavy atom. The Morgan fingerprint density at radius 3 is 2.58 bits per heavy atom. The van der Waals surface area contributed by atoms with Crippen LogP contribution in [0.25, 0.3) is 6.08 Å². The maximum Gasteiger partial charge on any atom is 0.240 e. The molecule has 12 heavy (non-hydrogen) atoms. The Morgan fingerprint density at radius 1 is 1.25 bits per heavy atom. The first-order valence-corrected chi connectivity index (χ1v) is 4.08. The van der Waals surface area contributed by atoms with E-state index in [4.69, 9.17) is 10.5 Å². The van der Waals surface area contributed by atoms with E-state index >= 15 is 0 Å². The maximum absolute atomic E-state index is 6.81. The highest BCUT2D eigenvalue weighted by atomic mass is 28.2.